The molecule has 3 rings (SSSR count). The second-order valence-corrected chi connectivity index (χ2v) is 6.00. The van der Waals surface area contributed by atoms with Gasteiger partial charge in [-0.2, -0.15) is 0 Å². The third-order valence-electron chi connectivity index (χ3n) is 4.49. The minimum atomic E-state index is -0.645. The fourth-order valence-electron chi connectivity index (χ4n) is 3.01. The van der Waals surface area contributed by atoms with Crippen LogP contribution in [0.2, 0.25) is 0 Å². The average Bonchev–Trinajstić information content (AvgIpc) is 2.53. The van der Waals surface area contributed by atoms with Crippen LogP contribution in [0.25, 0.3) is 0 Å². The molecule has 24 heavy (non-hydrogen) atoms. The van der Waals surface area contributed by atoms with Gasteiger partial charge in [0.25, 0.3) is 0 Å². The van der Waals surface area contributed by atoms with Gasteiger partial charge in [-0.3, -0.25) is 4.79 Å². The normalized spacial score (nSPS) is 15.4. The largest absolute Gasteiger partial charge is 0.491 e. The van der Waals surface area contributed by atoms with Gasteiger partial charge in [-0.25, -0.2) is 4.39 Å². The second kappa shape index (κ2) is 7.01. The first-order valence-corrected chi connectivity index (χ1v) is 8.05. The van der Waals surface area contributed by atoms with Gasteiger partial charge in [0.1, 0.15) is 18.2 Å². The first-order chi connectivity index (χ1) is 11.6. The number of ether oxygens (including phenoxy) is 1. The van der Waals surface area contributed by atoms with Gasteiger partial charge in [-0.1, -0.05) is 18.6 Å². The number of rotatable bonds is 6. The van der Waals surface area contributed by atoms with E-state index in [1.807, 2.05) is 6.07 Å². The quantitative estimate of drug-likeness (QED) is 0.855. The molecule has 0 atom stereocenters. The van der Waals surface area contributed by atoms with Crippen molar-refractivity contribution in [1.29, 1.82) is 0 Å². The summed E-state index contributed by atoms with van der Waals surface area (Å²) in [5, 5.41) is 11.7. The Balaban J connectivity index is 1.73. The number of carbonyl (C=O) groups is 1. The smallest absolute Gasteiger partial charge is 0.235 e. The lowest BCUT2D eigenvalue weighted by molar-refractivity contribution is -0.124. The van der Waals surface area contributed by atoms with E-state index in [0.717, 1.165) is 24.8 Å². The number of aliphatic hydroxyl groups excluding tert-OH is 1. The fraction of sp³-hybridized carbons (Fsp3) is 0.316. The highest BCUT2D eigenvalue weighted by molar-refractivity contribution is 5.99. The molecule has 4 nitrogen and oxygen atoms in total. The highest BCUT2D eigenvalue weighted by Crippen LogP contribution is 2.44. The number of carbonyl (C=O) groups excluding carboxylic acids is 1. The summed E-state index contributed by atoms with van der Waals surface area (Å²) in [7, 11) is 0. The average molecular weight is 329 g/mol. The molecule has 1 amide bonds. The molecule has 0 saturated heterocycles. The Morgan fingerprint density at radius 3 is 2.54 bits per heavy atom. The lowest BCUT2D eigenvalue weighted by Gasteiger charge is -2.40. The molecular weight excluding hydrogens is 309 g/mol. The van der Waals surface area contributed by atoms with Crippen LogP contribution < -0.4 is 10.1 Å². The number of aliphatic hydroxyl groups is 1. The van der Waals surface area contributed by atoms with Crippen molar-refractivity contribution < 1.29 is 19.0 Å². The van der Waals surface area contributed by atoms with Crippen molar-refractivity contribution in [2.24, 2.45) is 0 Å². The zero-order valence-corrected chi connectivity index (χ0v) is 13.3. The van der Waals surface area contributed by atoms with E-state index in [1.165, 1.54) is 12.1 Å². The first kappa shape index (κ1) is 16.5. The molecule has 0 radical (unpaired) electrons. The Labute approximate surface area is 140 Å². The van der Waals surface area contributed by atoms with E-state index in [1.54, 1.807) is 30.3 Å². The van der Waals surface area contributed by atoms with Gasteiger partial charge in [-0.05, 0) is 54.8 Å². The molecule has 0 aromatic heterocycles. The van der Waals surface area contributed by atoms with Crippen molar-refractivity contribution in [3.63, 3.8) is 0 Å². The molecule has 1 saturated carbocycles. The van der Waals surface area contributed by atoms with Crippen LogP contribution in [0.15, 0.2) is 48.5 Å². The minimum absolute atomic E-state index is 0.0470. The summed E-state index contributed by atoms with van der Waals surface area (Å²) in [5.74, 6) is 0.200. The molecule has 2 aromatic carbocycles. The van der Waals surface area contributed by atoms with E-state index in [-0.39, 0.29) is 24.9 Å². The maximum absolute atomic E-state index is 13.5. The third kappa shape index (κ3) is 3.26. The van der Waals surface area contributed by atoms with Crippen LogP contribution in [0.4, 0.5) is 10.1 Å². The predicted molar refractivity (Wildman–Crippen MR) is 89.6 cm³/mol. The van der Waals surface area contributed by atoms with Crippen LogP contribution in [0.5, 0.6) is 5.75 Å². The number of anilines is 1. The molecule has 1 fully saturated rings. The lowest BCUT2D eigenvalue weighted by Crippen LogP contribution is -2.46. The molecule has 2 N–H and O–H groups in total. The number of amides is 1. The monoisotopic (exact) mass is 329 g/mol. The maximum Gasteiger partial charge on any atom is 0.235 e. The van der Waals surface area contributed by atoms with Gasteiger partial charge >= 0.3 is 0 Å². The zero-order valence-electron chi connectivity index (χ0n) is 13.3. The lowest BCUT2D eigenvalue weighted by atomic mass is 9.63. The van der Waals surface area contributed by atoms with Gasteiger partial charge in [0.05, 0.1) is 12.0 Å². The Morgan fingerprint density at radius 1 is 1.21 bits per heavy atom. The standard InChI is InChI=1S/C19H20FNO3/c20-15-4-1-3-14(13-15)19(9-2-10-19)18(23)21-16-5-7-17(8-6-16)24-12-11-22/h1,3-8,13,22H,2,9-12H2,(H,21,23). The number of benzene rings is 2. The molecule has 0 spiro atoms. The van der Waals surface area contributed by atoms with Crippen molar-refractivity contribution >= 4 is 11.6 Å². The van der Waals surface area contributed by atoms with Crippen LogP contribution in [-0.2, 0) is 10.2 Å². The van der Waals surface area contributed by atoms with E-state index in [4.69, 9.17) is 9.84 Å². The van der Waals surface area contributed by atoms with E-state index in [2.05, 4.69) is 5.32 Å². The first-order valence-electron chi connectivity index (χ1n) is 8.05. The van der Waals surface area contributed by atoms with Crippen LogP contribution in [0.1, 0.15) is 24.8 Å². The van der Waals surface area contributed by atoms with E-state index >= 15 is 0 Å². The van der Waals surface area contributed by atoms with Crippen molar-refractivity contribution in [2.45, 2.75) is 24.7 Å². The van der Waals surface area contributed by atoms with Crippen LogP contribution >= 0.6 is 0 Å². The van der Waals surface area contributed by atoms with Gasteiger partial charge in [0.15, 0.2) is 0 Å². The molecule has 126 valence electrons. The molecule has 0 bridgehead atoms. The SMILES string of the molecule is O=C(Nc1ccc(OCCO)cc1)C1(c2cccc(F)c2)CCC1. The molecule has 0 heterocycles. The molecule has 0 aliphatic heterocycles. The fourth-order valence-corrected chi connectivity index (χ4v) is 3.01. The number of nitrogens with one attached hydrogen (secondary N) is 1. The van der Waals surface area contributed by atoms with Crippen LogP contribution in [-0.4, -0.2) is 24.2 Å². The summed E-state index contributed by atoms with van der Waals surface area (Å²) in [6, 6.07) is 13.3. The zero-order chi connectivity index (χ0) is 17.0. The van der Waals surface area contributed by atoms with Crippen molar-refractivity contribution in [2.75, 3.05) is 18.5 Å². The summed E-state index contributed by atoms with van der Waals surface area (Å²) in [6.45, 7) is 0.184. The number of hydrogen-bond acceptors (Lipinski definition) is 3. The van der Waals surface area contributed by atoms with Crippen molar-refractivity contribution in [3.05, 3.63) is 59.9 Å². The second-order valence-electron chi connectivity index (χ2n) is 6.00. The summed E-state index contributed by atoms with van der Waals surface area (Å²) < 4.78 is 18.8. The summed E-state index contributed by atoms with van der Waals surface area (Å²) >= 11 is 0. The van der Waals surface area contributed by atoms with Crippen LogP contribution in [0, 0.1) is 5.82 Å². The van der Waals surface area contributed by atoms with Gasteiger partial charge in [-0.15, -0.1) is 0 Å². The molecular formula is C19H20FNO3. The van der Waals surface area contributed by atoms with Gasteiger partial charge in [0.2, 0.25) is 5.91 Å². The Kier molecular flexibility index (Phi) is 4.81. The molecule has 1 aliphatic carbocycles. The minimum Gasteiger partial charge on any atom is -0.491 e. The highest BCUT2D eigenvalue weighted by Gasteiger charge is 2.45. The van der Waals surface area contributed by atoms with Gasteiger partial charge in [0, 0.05) is 5.69 Å². The Hall–Kier alpha value is -2.40. The Bertz CT molecular complexity index is 711. The summed E-state index contributed by atoms with van der Waals surface area (Å²) in [6.07, 6.45) is 2.40. The topological polar surface area (TPSA) is 58.6 Å². The predicted octanol–water partition coefficient (Wildman–Crippen LogP) is 3.26. The van der Waals surface area contributed by atoms with E-state index < -0.39 is 5.41 Å². The molecule has 0 unspecified atom stereocenters. The van der Waals surface area contributed by atoms with Gasteiger partial charge < -0.3 is 15.2 Å². The third-order valence-corrected chi connectivity index (χ3v) is 4.49. The Morgan fingerprint density at radius 2 is 1.96 bits per heavy atom. The van der Waals surface area contributed by atoms with Crippen LogP contribution in [0.3, 0.4) is 0 Å². The number of halogens is 1. The summed E-state index contributed by atoms with van der Waals surface area (Å²) in [4.78, 5) is 12.8. The molecule has 1 aliphatic rings. The summed E-state index contributed by atoms with van der Waals surface area (Å²) in [5.41, 5.74) is 0.752. The molecule has 2 aromatic rings. The highest BCUT2D eigenvalue weighted by atomic mass is 19.1. The molecule has 5 heteroatoms. The van der Waals surface area contributed by atoms with E-state index in [0.29, 0.717) is 11.4 Å². The van der Waals surface area contributed by atoms with E-state index in [9.17, 15) is 9.18 Å². The maximum atomic E-state index is 13.5. The van der Waals surface area contributed by atoms with Crippen molar-refractivity contribution in [3.8, 4) is 5.75 Å². The number of hydrogen-bond donors (Lipinski definition) is 2. The van der Waals surface area contributed by atoms with Crippen molar-refractivity contribution in [1.82, 2.24) is 0 Å².